The molecule has 8 aromatic carbocycles. The minimum Gasteiger partial charge on any atom is -0.381 e. The summed E-state index contributed by atoms with van der Waals surface area (Å²) in [5.74, 6) is 0. The van der Waals surface area contributed by atoms with Crippen LogP contribution in [-0.4, -0.2) is 11.6 Å². The summed E-state index contributed by atoms with van der Waals surface area (Å²) < 4.78 is 2.49. The standard InChI is InChI=1S/C49H38N4/c1-52(43-30-29-33(34-17-5-7-19-36(34)43)31-51-42-25-11-9-22-41(42)48(50)32-15-3-2-4-16-32)45-27-14-28-46-47(45)38-21-8-6-18-35(38)39-23-13-24-40-37-20-10-12-26-44(37)53(46)49(39)40/h2-30,48,51H,31,50H2,1H3. The van der Waals surface area contributed by atoms with Crippen LogP contribution in [0.15, 0.2) is 176 Å². The van der Waals surface area contributed by atoms with Crippen molar-refractivity contribution in [2.75, 3.05) is 17.3 Å². The number of nitrogens with one attached hydrogen (secondary N) is 1. The highest BCUT2D eigenvalue weighted by Gasteiger charge is 2.27. The van der Waals surface area contributed by atoms with E-state index in [1.54, 1.807) is 0 Å². The van der Waals surface area contributed by atoms with Gasteiger partial charge in [-0.1, -0.05) is 146 Å². The molecule has 4 heteroatoms. The van der Waals surface area contributed by atoms with Crippen LogP contribution in [0.3, 0.4) is 0 Å². The lowest BCUT2D eigenvalue weighted by Crippen LogP contribution is -2.15. The predicted molar refractivity (Wildman–Crippen MR) is 223 cm³/mol. The fourth-order valence-electron chi connectivity index (χ4n) is 8.57. The molecule has 0 bridgehead atoms. The number of nitrogens with zero attached hydrogens (tertiary/aromatic N) is 2. The summed E-state index contributed by atoms with van der Waals surface area (Å²) in [5, 5.41) is 8.73. The summed E-state index contributed by atoms with van der Waals surface area (Å²) in [7, 11) is 2.21. The van der Waals surface area contributed by atoms with Gasteiger partial charge in [-0.15, -0.1) is 0 Å². The molecule has 0 radical (unpaired) electrons. The van der Waals surface area contributed by atoms with Crippen LogP contribution in [0.2, 0.25) is 0 Å². The molecule has 1 aliphatic rings. The molecular weight excluding hydrogens is 645 g/mol. The monoisotopic (exact) mass is 682 g/mol. The number of fused-ring (bicyclic) bond motifs is 9. The van der Waals surface area contributed by atoms with Gasteiger partial charge in [0.1, 0.15) is 0 Å². The van der Waals surface area contributed by atoms with E-state index < -0.39 is 0 Å². The minimum absolute atomic E-state index is 0.216. The molecule has 0 spiro atoms. The fourth-order valence-corrected chi connectivity index (χ4v) is 8.57. The number of aromatic nitrogens is 1. The Morgan fingerprint density at radius 1 is 0.547 bits per heavy atom. The maximum atomic E-state index is 6.79. The van der Waals surface area contributed by atoms with E-state index in [2.05, 4.69) is 180 Å². The van der Waals surface area contributed by atoms with Gasteiger partial charge in [0.25, 0.3) is 0 Å². The third-order valence-electron chi connectivity index (χ3n) is 11.1. The van der Waals surface area contributed by atoms with Crippen molar-refractivity contribution in [3.63, 3.8) is 0 Å². The average Bonchev–Trinajstić information content (AvgIpc) is 3.50. The lowest BCUT2D eigenvalue weighted by molar-refractivity contribution is 0.870. The van der Waals surface area contributed by atoms with Gasteiger partial charge in [-0.05, 0) is 63.5 Å². The van der Waals surface area contributed by atoms with E-state index in [1.807, 2.05) is 18.2 Å². The van der Waals surface area contributed by atoms with Crippen LogP contribution in [0.25, 0.3) is 60.5 Å². The van der Waals surface area contributed by atoms with E-state index in [0.29, 0.717) is 6.54 Å². The first-order valence-electron chi connectivity index (χ1n) is 18.3. The van der Waals surface area contributed by atoms with Gasteiger partial charge >= 0.3 is 0 Å². The summed E-state index contributed by atoms with van der Waals surface area (Å²) in [4.78, 5) is 2.38. The number of nitrogens with two attached hydrogens (primary N) is 1. The Kier molecular flexibility index (Phi) is 7.38. The highest BCUT2D eigenvalue weighted by atomic mass is 15.1. The van der Waals surface area contributed by atoms with Gasteiger partial charge in [0.15, 0.2) is 0 Å². The number of anilines is 3. The van der Waals surface area contributed by atoms with Gasteiger partial charge in [-0.3, -0.25) is 0 Å². The summed E-state index contributed by atoms with van der Waals surface area (Å²) in [6.07, 6.45) is 0. The summed E-state index contributed by atoms with van der Waals surface area (Å²) in [6.45, 7) is 0.673. The van der Waals surface area contributed by atoms with Crippen LogP contribution in [0.1, 0.15) is 22.7 Å². The first kappa shape index (κ1) is 31.1. The number of rotatable bonds is 7. The third kappa shape index (κ3) is 4.95. The topological polar surface area (TPSA) is 46.2 Å². The lowest BCUT2D eigenvalue weighted by atomic mass is 9.92. The van der Waals surface area contributed by atoms with Crippen LogP contribution in [0.4, 0.5) is 17.1 Å². The first-order chi connectivity index (χ1) is 26.2. The molecule has 53 heavy (non-hydrogen) atoms. The van der Waals surface area contributed by atoms with Crippen molar-refractivity contribution >= 4 is 49.6 Å². The van der Waals surface area contributed by atoms with Crippen molar-refractivity contribution in [2.45, 2.75) is 12.6 Å². The molecule has 0 saturated carbocycles. The molecule has 2 heterocycles. The van der Waals surface area contributed by atoms with Gasteiger partial charge in [0, 0.05) is 52.3 Å². The molecule has 3 N–H and O–H groups in total. The number of benzene rings is 8. The Morgan fingerprint density at radius 3 is 2.08 bits per heavy atom. The number of para-hydroxylation sites is 3. The third-order valence-corrected chi connectivity index (χ3v) is 11.1. The molecule has 0 aliphatic carbocycles. The van der Waals surface area contributed by atoms with Crippen LogP contribution >= 0.6 is 0 Å². The van der Waals surface area contributed by atoms with Crippen molar-refractivity contribution < 1.29 is 0 Å². The largest absolute Gasteiger partial charge is 0.381 e. The Morgan fingerprint density at radius 2 is 1.21 bits per heavy atom. The summed E-state index contributed by atoms with van der Waals surface area (Å²) in [6, 6.07) is 63.0. The first-order valence-corrected chi connectivity index (χ1v) is 18.3. The molecular formula is C49H38N4. The number of hydrogen-bond acceptors (Lipinski definition) is 3. The second-order valence-corrected chi connectivity index (χ2v) is 13.9. The quantitative estimate of drug-likeness (QED) is 0.176. The molecule has 0 amide bonds. The van der Waals surface area contributed by atoms with Crippen molar-refractivity contribution in [1.29, 1.82) is 0 Å². The van der Waals surface area contributed by atoms with Crippen molar-refractivity contribution in [2.24, 2.45) is 5.73 Å². The molecule has 9 aromatic rings. The van der Waals surface area contributed by atoms with E-state index in [0.717, 1.165) is 28.2 Å². The SMILES string of the molecule is CN(c1cccc2c1-c1ccccc1-c1cccc3c4ccccc4n-2c13)c1ccc(CNc2ccccc2C(N)c2ccccc2)c2ccccc12. The summed E-state index contributed by atoms with van der Waals surface area (Å²) in [5.41, 5.74) is 22.2. The Bertz CT molecular complexity index is 2830. The maximum absolute atomic E-state index is 6.79. The van der Waals surface area contributed by atoms with Crippen molar-refractivity contribution in [3.05, 3.63) is 193 Å². The average molecular weight is 683 g/mol. The summed E-state index contributed by atoms with van der Waals surface area (Å²) >= 11 is 0. The molecule has 0 saturated heterocycles. The highest BCUT2D eigenvalue weighted by Crippen LogP contribution is 2.50. The Labute approximate surface area is 309 Å². The van der Waals surface area contributed by atoms with Crippen LogP contribution in [-0.2, 0) is 6.54 Å². The molecule has 1 aromatic heterocycles. The van der Waals surface area contributed by atoms with E-state index in [1.165, 1.54) is 66.1 Å². The van der Waals surface area contributed by atoms with Gasteiger partial charge < -0.3 is 20.5 Å². The van der Waals surface area contributed by atoms with Crippen LogP contribution < -0.4 is 16.0 Å². The van der Waals surface area contributed by atoms with Crippen molar-refractivity contribution in [3.8, 4) is 27.9 Å². The van der Waals surface area contributed by atoms with Crippen LogP contribution in [0.5, 0.6) is 0 Å². The van der Waals surface area contributed by atoms with Gasteiger partial charge in [-0.25, -0.2) is 0 Å². The van der Waals surface area contributed by atoms with Gasteiger partial charge in [-0.2, -0.15) is 0 Å². The van der Waals surface area contributed by atoms with Gasteiger partial charge in [0.2, 0.25) is 0 Å². The zero-order valence-electron chi connectivity index (χ0n) is 29.5. The van der Waals surface area contributed by atoms with Crippen LogP contribution in [0, 0.1) is 0 Å². The van der Waals surface area contributed by atoms with E-state index in [-0.39, 0.29) is 6.04 Å². The van der Waals surface area contributed by atoms with Crippen molar-refractivity contribution in [1.82, 2.24) is 4.57 Å². The molecule has 1 atom stereocenters. The molecule has 4 nitrogen and oxygen atoms in total. The second-order valence-electron chi connectivity index (χ2n) is 13.9. The normalized spacial score (nSPS) is 12.3. The molecule has 0 fully saturated rings. The lowest BCUT2D eigenvalue weighted by Gasteiger charge is -2.27. The predicted octanol–water partition coefficient (Wildman–Crippen LogP) is 12.0. The van der Waals surface area contributed by atoms with E-state index in [9.17, 15) is 0 Å². The highest BCUT2D eigenvalue weighted by molar-refractivity contribution is 6.17. The smallest absolute Gasteiger partial charge is 0.0619 e. The maximum Gasteiger partial charge on any atom is 0.0619 e. The molecule has 1 unspecified atom stereocenters. The van der Waals surface area contributed by atoms with Gasteiger partial charge in [0.05, 0.1) is 28.5 Å². The second kappa shape index (κ2) is 12.6. The Hall–Kier alpha value is -6.62. The minimum atomic E-state index is -0.216. The zero-order valence-corrected chi connectivity index (χ0v) is 29.5. The molecule has 10 rings (SSSR count). The fraction of sp³-hybridized carbons (Fsp3) is 0.0612. The molecule has 254 valence electrons. The van der Waals surface area contributed by atoms with E-state index >= 15 is 0 Å². The molecule has 1 aliphatic heterocycles. The number of hydrogen-bond donors (Lipinski definition) is 2. The Balaban J connectivity index is 1.08. The van der Waals surface area contributed by atoms with E-state index in [4.69, 9.17) is 5.73 Å². The zero-order chi connectivity index (χ0) is 35.5.